The molecule has 11 heavy (non-hydrogen) atoms. The van der Waals surface area contributed by atoms with E-state index in [0.717, 1.165) is 12.0 Å². The van der Waals surface area contributed by atoms with Gasteiger partial charge in [0.25, 0.3) is 0 Å². The molecule has 1 N–H and O–H groups in total. The van der Waals surface area contributed by atoms with E-state index in [9.17, 15) is 5.11 Å². The Hall–Kier alpha value is -0.720. The van der Waals surface area contributed by atoms with Crippen LogP contribution in [0, 0.1) is 5.41 Å². The molecule has 0 aromatic heterocycles. The van der Waals surface area contributed by atoms with Gasteiger partial charge in [-0.3, -0.25) is 0 Å². The minimum absolute atomic E-state index is 0.0320. The van der Waals surface area contributed by atoms with Crippen molar-refractivity contribution in [3.05, 3.63) is 24.0 Å². The molecule has 0 atom stereocenters. The topological polar surface area (TPSA) is 20.2 Å². The van der Waals surface area contributed by atoms with Gasteiger partial charge < -0.3 is 5.11 Å². The number of aliphatic hydroxyl groups excluding tert-OH is 1. The number of aliphatic hydroxyl groups is 1. The SMILES string of the molecule is C=C(C(O)=CCC)C(C)(C)C. The Balaban J connectivity index is 4.39. The maximum atomic E-state index is 9.41. The lowest BCUT2D eigenvalue weighted by Crippen LogP contribution is -2.10. The molecule has 0 heterocycles. The van der Waals surface area contributed by atoms with Crippen molar-refractivity contribution in [3.8, 4) is 0 Å². The molecule has 0 radical (unpaired) electrons. The average Bonchev–Trinajstić information content (AvgIpc) is 1.85. The average molecular weight is 154 g/mol. The lowest BCUT2D eigenvalue weighted by Gasteiger charge is -2.20. The molecule has 0 unspecified atom stereocenters. The molecule has 0 saturated heterocycles. The Morgan fingerprint density at radius 1 is 1.45 bits per heavy atom. The van der Waals surface area contributed by atoms with Crippen LogP contribution in [0.1, 0.15) is 34.1 Å². The third-order valence-corrected chi connectivity index (χ3v) is 1.61. The van der Waals surface area contributed by atoms with Crippen LogP contribution >= 0.6 is 0 Å². The molecule has 1 heteroatoms. The van der Waals surface area contributed by atoms with Gasteiger partial charge in [-0.15, -0.1) is 0 Å². The number of hydrogen-bond acceptors (Lipinski definition) is 1. The van der Waals surface area contributed by atoms with Crippen LogP contribution in [-0.2, 0) is 0 Å². The molecule has 0 fully saturated rings. The lowest BCUT2D eigenvalue weighted by atomic mass is 9.86. The van der Waals surface area contributed by atoms with Gasteiger partial charge in [0.2, 0.25) is 0 Å². The second-order valence-corrected chi connectivity index (χ2v) is 3.73. The van der Waals surface area contributed by atoms with E-state index < -0.39 is 0 Å². The van der Waals surface area contributed by atoms with E-state index in [-0.39, 0.29) is 5.41 Å². The first-order valence-corrected chi connectivity index (χ1v) is 3.98. The second kappa shape index (κ2) is 3.61. The van der Waals surface area contributed by atoms with Crippen LogP contribution < -0.4 is 0 Å². The van der Waals surface area contributed by atoms with Gasteiger partial charge in [-0.1, -0.05) is 34.3 Å². The highest BCUT2D eigenvalue weighted by Crippen LogP contribution is 2.28. The normalized spacial score (nSPS) is 13.3. The molecule has 1 nitrogen and oxygen atoms in total. The summed E-state index contributed by atoms with van der Waals surface area (Å²) in [5.41, 5.74) is 0.773. The summed E-state index contributed by atoms with van der Waals surface area (Å²) >= 11 is 0. The number of hydrogen-bond donors (Lipinski definition) is 1. The van der Waals surface area contributed by atoms with Crippen LogP contribution in [0.4, 0.5) is 0 Å². The van der Waals surface area contributed by atoms with Crippen molar-refractivity contribution in [2.75, 3.05) is 0 Å². The van der Waals surface area contributed by atoms with Gasteiger partial charge in [-0.25, -0.2) is 0 Å². The zero-order valence-corrected chi connectivity index (χ0v) is 7.94. The third-order valence-electron chi connectivity index (χ3n) is 1.61. The van der Waals surface area contributed by atoms with Gasteiger partial charge in [0.05, 0.1) is 0 Å². The summed E-state index contributed by atoms with van der Waals surface area (Å²) in [5.74, 6) is 0.333. The first kappa shape index (κ1) is 10.3. The zero-order chi connectivity index (χ0) is 9.07. The molecule has 64 valence electrons. The van der Waals surface area contributed by atoms with Gasteiger partial charge in [-0.05, 0) is 23.5 Å². The minimum atomic E-state index is -0.0320. The predicted octanol–water partition coefficient (Wildman–Crippen LogP) is 3.44. The van der Waals surface area contributed by atoms with E-state index in [1.807, 2.05) is 27.7 Å². The van der Waals surface area contributed by atoms with Gasteiger partial charge in [0.15, 0.2) is 0 Å². The minimum Gasteiger partial charge on any atom is -0.508 e. The maximum Gasteiger partial charge on any atom is 0.114 e. The fourth-order valence-corrected chi connectivity index (χ4v) is 0.701. The summed E-state index contributed by atoms with van der Waals surface area (Å²) in [6.45, 7) is 11.9. The van der Waals surface area contributed by atoms with Gasteiger partial charge in [0.1, 0.15) is 5.76 Å². The van der Waals surface area contributed by atoms with Crippen molar-refractivity contribution in [1.29, 1.82) is 0 Å². The molecule has 0 rings (SSSR count). The molecule has 0 aromatic rings. The Kier molecular flexibility index (Phi) is 3.37. The molecule has 0 aliphatic heterocycles. The first-order valence-electron chi connectivity index (χ1n) is 3.98. The van der Waals surface area contributed by atoms with E-state index in [4.69, 9.17) is 0 Å². The molecule has 0 aliphatic carbocycles. The van der Waals surface area contributed by atoms with Crippen molar-refractivity contribution in [1.82, 2.24) is 0 Å². The molecule has 0 spiro atoms. The molecular weight excluding hydrogens is 136 g/mol. The standard InChI is InChI=1S/C10H18O/c1-6-7-9(11)8(2)10(3,4)5/h7,11H,2,6H2,1,3-5H3. The van der Waals surface area contributed by atoms with Gasteiger partial charge >= 0.3 is 0 Å². The van der Waals surface area contributed by atoms with E-state index in [1.54, 1.807) is 6.08 Å². The summed E-state index contributed by atoms with van der Waals surface area (Å²) in [6, 6.07) is 0. The largest absolute Gasteiger partial charge is 0.508 e. The van der Waals surface area contributed by atoms with Gasteiger partial charge in [0, 0.05) is 0 Å². The Morgan fingerprint density at radius 3 is 2.18 bits per heavy atom. The monoisotopic (exact) mass is 154 g/mol. The Bertz CT molecular complexity index is 170. The molecule has 0 amide bonds. The van der Waals surface area contributed by atoms with Crippen molar-refractivity contribution in [2.45, 2.75) is 34.1 Å². The smallest absolute Gasteiger partial charge is 0.114 e. The zero-order valence-electron chi connectivity index (χ0n) is 7.94. The highest BCUT2D eigenvalue weighted by molar-refractivity contribution is 5.26. The Morgan fingerprint density at radius 2 is 1.91 bits per heavy atom. The number of allylic oxidation sites excluding steroid dienone is 2. The van der Waals surface area contributed by atoms with Crippen LogP contribution in [0.3, 0.4) is 0 Å². The molecule has 0 saturated carbocycles. The Labute approximate surface area is 69.4 Å². The summed E-state index contributed by atoms with van der Waals surface area (Å²) in [5, 5.41) is 9.41. The molecule has 0 bridgehead atoms. The number of rotatable bonds is 2. The predicted molar refractivity (Wildman–Crippen MR) is 49.6 cm³/mol. The highest BCUT2D eigenvalue weighted by Gasteiger charge is 2.17. The van der Waals surface area contributed by atoms with E-state index in [1.165, 1.54) is 0 Å². The van der Waals surface area contributed by atoms with Crippen LogP contribution in [0.5, 0.6) is 0 Å². The third kappa shape index (κ3) is 3.26. The summed E-state index contributed by atoms with van der Waals surface area (Å²) in [7, 11) is 0. The molecule has 0 aliphatic rings. The lowest BCUT2D eigenvalue weighted by molar-refractivity contribution is 0.378. The van der Waals surface area contributed by atoms with Crippen molar-refractivity contribution < 1.29 is 5.11 Å². The van der Waals surface area contributed by atoms with Crippen LogP contribution in [0.2, 0.25) is 0 Å². The van der Waals surface area contributed by atoms with Gasteiger partial charge in [-0.2, -0.15) is 0 Å². The maximum absolute atomic E-state index is 9.41. The molecule has 0 aromatic carbocycles. The quantitative estimate of drug-likeness (QED) is 0.477. The van der Waals surface area contributed by atoms with E-state index >= 15 is 0 Å². The fraction of sp³-hybridized carbons (Fsp3) is 0.600. The summed E-state index contributed by atoms with van der Waals surface area (Å²) in [6.07, 6.45) is 2.63. The summed E-state index contributed by atoms with van der Waals surface area (Å²) in [4.78, 5) is 0. The van der Waals surface area contributed by atoms with Crippen molar-refractivity contribution in [3.63, 3.8) is 0 Å². The van der Waals surface area contributed by atoms with E-state index in [2.05, 4.69) is 6.58 Å². The first-order chi connectivity index (χ1) is 4.89. The molecular formula is C10H18O. The fourth-order valence-electron chi connectivity index (χ4n) is 0.701. The van der Waals surface area contributed by atoms with Crippen molar-refractivity contribution in [2.24, 2.45) is 5.41 Å². The van der Waals surface area contributed by atoms with Crippen molar-refractivity contribution >= 4 is 0 Å². The van der Waals surface area contributed by atoms with Crippen LogP contribution in [0.15, 0.2) is 24.0 Å². The highest BCUT2D eigenvalue weighted by atomic mass is 16.3. The second-order valence-electron chi connectivity index (χ2n) is 3.73. The van der Waals surface area contributed by atoms with Crippen LogP contribution in [-0.4, -0.2) is 5.11 Å². The van der Waals surface area contributed by atoms with Crippen LogP contribution in [0.25, 0.3) is 0 Å². The summed E-state index contributed by atoms with van der Waals surface area (Å²) < 4.78 is 0. The van der Waals surface area contributed by atoms with E-state index in [0.29, 0.717) is 5.76 Å².